The second kappa shape index (κ2) is 5.56. The molecule has 3 nitrogen and oxygen atoms in total. The van der Waals surface area contributed by atoms with E-state index in [2.05, 4.69) is 5.32 Å². The number of aliphatic hydroxyl groups is 1. The third kappa shape index (κ3) is 2.81. The van der Waals surface area contributed by atoms with Gasteiger partial charge in [0.15, 0.2) is 0 Å². The molecule has 0 radical (unpaired) electrons. The zero-order chi connectivity index (χ0) is 13.0. The van der Waals surface area contributed by atoms with Gasteiger partial charge in [-0.3, -0.25) is 0 Å². The monoisotopic (exact) mass is 243 g/mol. The first-order valence-corrected chi connectivity index (χ1v) is 5.92. The van der Waals surface area contributed by atoms with Gasteiger partial charge in [-0.15, -0.1) is 0 Å². The predicted molar refractivity (Wildman–Crippen MR) is 72.7 cm³/mol. The van der Waals surface area contributed by atoms with E-state index >= 15 is 0 Å². The van der Waals surface area contributed by atoms with E-state index in [0.717, 1.165) is 11.1 Å². The van der Waals surface area contributed by atoms with Crippen molar-refractivity contribution in [1.29, 1.82) is 0 Å². The Morgan fingerprint density at radius 3 is 2.50 bits per heavy atom. The lowest BCUT2D eigenvalue weighted by Gasteiger charge is -2.19. The van der Waals surface area contributed by atoms with Gasteiger partial charge in [-0.2, -0.15) is 0 Å². The van der Waals surface area contributed by atoms with Crippen LogP contribution in [0, 0.1) is 6.92 Å². The number of phenols is 1. The summed E-state index contributed by atoms with van der Waals surface area (Å²) < 4.78 is 0. The van der Waals surface area contributed by atoms with E-state index in [4.69, 9.17) is 0 Å². The maximum absolute atomic E-state index is 9.78. The molecule has 0 aliphatic carbocycles. The lowest BCUT2D eigenvalue weighted by atomic mass is 10.1. The summed E-state index contributed by atoms with van der Waals surface area (Å²) in [5, 5.41) is 22.4. The maximum atomic E-state index is 9.78. The first kappa shape index (κ1) is 12.5. The predicted octanol–water partition coefficient (Wildman–Crippen LogP) is 2.85. The highest BCUT2D eigenvalue weighted by molar-refractivity contribution is 5.58. The van der Waals surface area contributed by atoms with Crippen LogP contribution in [0.15, 0.2) is 48.5 Å². The van der Waals surface area contributed by atoms with Gasteiger partial charge in [0.05, 0.1) is 18.3 Å². The van der Waals surface area contributed by atoms with E-state index < -0.39 is 0 Å². The molecule has 0 heterocycles. The molecule has 2 aromatic rings. The van der Waals surface area contributed by atoms with Crippen molar-refractivity contribution in [2.24, 2.45) is 0 Å². The Balaban J connectivity index is 2.23. The quantitative estimate of drug-likeness (QED) is 0.724. The van der Waals surface area contributed by atoms with E-state index in [0.29, 0.717) is 5.69 Å². The van der Waals surface area contributed by atoms with Crippen molar-refractivity contribution < 1.29 is 10.2 Å². The van der Waals surface area contributed by atoms with Crippen LogP contribution in [0.25, 0.3) is 0 Å². The molecule has 1 unspecified atom stereocenters. The van der Waals surface area contributed by atoms with E-state index in [-0.39, 0.29) is 18.4 Å². The van der Waals surface area contributed by atoms with Crippen LogP contribution in [0.3, 0.4) is 0 Å². The second-order valence-electron chi connectivity index (χ2n) is 4.31. The Morgan fingerprint density at radius 2 is 1.83 bits per heavy atom. The van der Waals surface area contributed by atoms with Crippen molar-refractivity contribution in [2.75, 3.05) is 11.9 Å². The minimum atomic E-state index is -0.223. The molecule has 2 aromatic carbocycles. The van der Waals surface area contributed by atoms with Gasteiger partial charge in [0, 0.05) is 0 Å². The molecule has 0 saturated heterocycles. The Bertz CT molecular complexity index is 511. The fourth-order valence-corrected chi connectivity index (χ4v) is 1.87. The topological polar surface area (TPSA) is 52.5 Å². The molecule has 0 bridgehead atoms. The smallest absolute Gasteiger partial charge is 0.138 e. The lowest BCUT2D eigenvalue weighted by Crippen LogP contribution is -2.14. The fraction of sp³-hybridized carbons (Fsp3) is 0.200. The van der Waals surface area contributed by atoms with Gasteiger partial charge in [0.25, 0.3) is 0 Å². The summed E-state index contributed by atoms with van der Waals surface area (Å²) in [6, 6.07) is 14.8. The van der Waals surface area contributed by atoms with Crippen LogP contribution in [0.2, 0.25) is 0 Å². The molecule has 0 amide bonds. The van der Waals surface area contributed by atoms with Crippen LogP contribution in [0.1, 0.15) is 17.2 Å². The molecule has 94 valence electrons. The summed E-state index contributed by atoms with van der Waals surface area (Å²) in [4.78, 5) is 0. The summed E-state index contributed by atoms with van der Waals surface area (Å²) in [7, 11) is 0. The third-order valence-electron chi connectivity index (χ3n) is 2.87. The molecule has 3 N–H and O–H groups in total. The molecular formula is C15H17NO2. The molecule has 0 aliphatic rings. The van der Waals surface area contributed by atoms with Gasteiger partial charge >= 0.3 is 0 Å². The van der Waals surface area contributed by atoms with Gasteiger partial charge in [0.2, 0.25) is 0 Å². The van der Waals surface area contributed by atoms with Crippen molar-refractivity contribution in [1.82, 2.24) is 0 Å². The first-order valence-electron chi connectivity index (χ1n) is 5.92. The van der Waals surface area contributed by atoms with E-state index in [9.17, 15) is 10.2 Å². The van der Waals surface area contributed by atoms with Crippen molar-refractivity contribution in [3.8, 4) is 5.75 Å². The van der Waals surface area contributed by atoms with Crippen LogP contribution in [-0.4, -0.2) is 16.8 Å². The molecule has 1 atom stereocenters. The van der Waals surface area contributed by atoms with Gasteiger partial charge in [-0.1, -0.05) is 36.4 Å². The zero-order valence-electron chi connectivity index (χ0n) is 10.3. The molecular weight excluding hydrogens is 226 g/mol. The number of hydrogen-bond acceptors (Lipinski definition) is 3. The van der Waals surface area contributed by atoms with Gasteiger partial charge in [0.1, 0.15) is 5.75 Å². The summed E-state index contributed by atoms with van der Waals surface area (Å²) in [6.07, 6.45) is 0. The van der Waals surface area contributed by atoms with Gasteiger partial charge in [-0.05, 0) is 30.2 Å². The van der Waals surface area contributed by atoms with Crippen molar-refractivity contribution in [3.05, 3.63) is 59.7 Å². The number of aryl methyl sites for hydroxylation is 1. The highest BCUT2D eigenvalue weighted by Gasteiger charge is 2.11. The summed E-state index contributed by atoms with van der Waals surface area (Å²) in [5.41, 5.74) is 2.68. The minimum Gasteiger partial charge on any atom is -0.506 e. The minimum absolute atomic E-state index is 0.0304. The highest BCUT2D eigenvalue weighted by Crippen LogP contribution is 2.28. The molecule has 0 aliphatic heterocycles. The van der Waals surface area contributed by atoms with Gasteiger partial charge in [-0.25, -0.2) is 0 Å². The summed E-state index contributed by atoms with van der Waals surface area (Å²) >= 11 is 0. The number of aliphatic hydroxyl groups excluding tert-OH is 1. The van der Waals surface area contributed by atoms with E-state index in [1.807, 2.05) is 49.4 Å². The zero-order valence-corrected chi connectivity index (χ0v) is 10.3. The Hall–Kier alpha value is -2.00. The summed E-state index contributed by atoms with van der Waals surface area (Å²) in [6.45, 7) is 1.93. The lowest BCUT2D eigenvalue weighted by molar-refractivity contribution is 0.276. The molecule has 2 rings (SSSR count). The Labute approximate surface area is 107 Å². The van der Waals surface area contributed by atoms with E-state index in [1.165, 1.54) is 0 Å². The Kier molecular flexibility index (Phi) is 3.85. The number of hydrogen-bond donors (Lipinski definition) is 3. The van der Waals surface area contributed by atoms with Crippen molar-refractivity contribution in [3.63, 3.8) is 0 Å². The van der Waals surface area contributed by atoms with Crippen LogP contribution >= 0.6 is 0 Å². The van der Waals surface area contributed by atoms with Crippen LogP contribution in [0.5, 0.6) is 5.75 Å². The fourth-order valence-electron chi connectivity index (χ4n) is 1.87. The number of phenolic OH excluding ortho intramolecular Hbond substituents is 1. The molecule has 3 heteroatoms. The number of rotatable bonds is 4. The average Bonchev–Trinajstić information content (AvgIpc) is 2.41. The first-order chi connectivity index (χ1) is 8.70. The normalized spacial score (nSPS) is 12.1. The SMILES string of the molecule is Cc1ccc(O)c(NC(CO)c2ccccc2)c1. The largest absolute Gasteiger partial charge is 0.506 e. The van der Waals surface area contributed by atoms with Crippen molar-refractivity contribution in [2.45, 2.75) is 13.0 Å². The molecule has 0 aromatic heterocycles. The van der Waals surface area contributed by atoms with Crippen LogP contribution in [-0.2, 0) is 0 Å². The number of nitrogens with one attached hydrogen (secondary N) is 1. The molecule has 0 spiro atoms. The average molecular weight is 243 g/mol. The molecule has 0 fully saturated rings. The Morgan fingerprint density at radius 1 is 1.11 bits per heavy atom. The van der Waals surface area contributed by atoms with Crippen molar-refractivity contribution >= 4 is 5.69 Å². The molecule has 0 saturated carbocycles. The number of anilines is 1. The molecule has 18 heavy (non-hydrogen) atoms. The maximum Gasteiger partial charge on any atom is 0.138 e. The highest BCUT2D eigenvalue weighted by atomic mass is 16.3. The van der Waals surface area contributed by atoms with Gasteiger partial charge < -0.3 is 15.5 Å². The van der Waals surface area contributed by atoms with Crippen LogP contribution < -0.4 is 5.32 Å². The number of aromatic hydroxyl groups is 1. The second-order valence-corrected chi connectivity index (χ2v) is 4.31. The summed E-state index contributed by atoms with van der Waals surface area (Å²) in [5.74, 6) is 0.190. The standard InChI is InChI=1S/C15H17NO2/c1-11-7-8-15(18)13(9-11)16-14(10-17)12-5-3-2-4-6-12/h2-9,14,16-18H,10H2,1H3. The third-order valence-corrected chi connectivity index (χ3v) is 2.87. The van der Waals surface area contributed by atoms with E-state index in [1.54, 1.807) is 6.07 Å². The van der Waals surface area contributed by atoms with Crippen LogP contribution in [0.4, 0.5) is 5.69 Å². The number of benzene rings is 2.